The zero-order valence-corrected chi connectivity index (χ0v) is 16.3. The predicted octanol–water partition coefficient (Wildman–Crippen LogP) is 3.09. The highest BCUT2D eigenvalue weighted by Gasteiger charge is 2.17. The number of anilines is 1. The summed E-state index contributed by atoms with van der Waals surface area (Å²) >= 11 is 2.97. The standard InChI is InChI=1S/C18H13F2N5O2S2/c19-10-3-4-12(20)13(8-10)22-17(27)16(26)21-6-5-11-9-29-18-23-15(24-25(11)18)14-2-1-7-28-14/h1-4,7-9H,5-6H2,(H,21,26)(H,22,27). The van der Waals surface area contributed by atoms with Gasteiger partial charge in [0.15, 0.2) is 5.82 Å². The van der Waals surface area contributed by atoms with Crippen LogP contribution in [0.4, 0.5) is 14.5 Å². The van der Waals surface area contributed by atoms with Crippen LogP contribution in [0, 0.1) is 11.6 Å². The van der Waals surface area contributed by atoms with Gasteiger partial charge in [0.25, 0.3) is 0 Å². The number of hydrogen-bond donors (Lipinski definition) is 2. The summed E-state index contributed by atoms with van der Waals surface area (Å²) in [6.07, 6.45) is 0.417. The Kier molecular flexibility index (Phi) is 5.32. The fourth-order valence-electron chi connectivity index (χ4n) is 2.56. The van der Waals surface area contributed by atoms with Gasteiger partial charge < -0.3 is 10.6 Å². The van der Waals surface area contributed by atoms with Crippen LogP contribution in [-0.2, 0) is 16.0 Å². The Morgan fingerprint density at radius 2 is 2.00 bits per heavy atom. The Balaban J connectivity index is 1.35. The highest BCUT2D eigenvalue weighted by molar-refractivity contribution is 7.15. The minimum atomic E-state index is -1.08. The zero-order chi connectivity index (χ0) is 20.4. The second-order valence-corrected chi connectivity index (χ2v) is 7.70. The molecule has 2 N–H and O–H groups in total. The second-order valence-electron chi connectivity index (χ2n) is 5.92. The van der Waals surface area contributed by atoms with E-state index in [0.717, 1.165) is 33.7 Å². The van der Waals surface area contributed by atoms with E-state index >= 15 is 0 Å². The van der Waals surface area contributed by atoms with Gasteiger partial charge in [-0.15, -0.1) is 27.8 Å². The molecule has 4 rings (SSSR count). The molecule has 0 saturated carbocycles. The molecule has 0 aliphatic rings. The van der Waals surface area contributed by atoms with E-state index in [2.05, 4.69) is 20.7 Å². The van der Waals surface area contributed by atoms with Gasteiger partial charge >= 0.3 is 11.8 Å². The second kappa shape index (κ2) is 8.05. The lowest BCUT2D eigenvalue weighted by Crippen LogP contribution is -2.36. The molecule has 0 fully saturated rings. The first-order valence-corrected chi connectivity index (χ1v) is 10.2. The molecular formula is C18H13F2N5O2S2. The zero-order valence-electron chi connectivity index (χ0n) is 14.7. The van der Waals surface area contributed by atoms with Crippen LogP contribution < -0.4 is 10.6 Å². The third kappa shape index (κ3) is 4.15. The molecule has 2 amide bonds. The molecule has 29 heavy (non-hydrogen) atoms. The smallest absolute Gasteiger partial charge is 0.313 e. The van der Waals surface area contributed by atoms with Crippen molar-refractivity contribution in [2.75, 3.05) is 11.9 Å². The lowest BCUT2D eigenvalue weighted by atomic mass is 10.3. The van der Waals surface area contributed by atoms with Gasteiger partial charge in [0.05, 0.1) is 16.3 Å². The van der Waals surface area contributed by atoms with E-state index in [1.165, 1.54) is 11.3 Å². The third-order valence-corrected chi connectivity index (χ3v) is 5.67. The molecule has 0 saturated heterocycles. The number of nitrogens with one attached hydrogen (secondary N) is 2. The van der Waals surface area contributed by atoms with E-state index in [9.17, 15) is 18.4 Å². The number of rotatable bonds is 5. The first-order valence-electron chi connectivity index (χ1n) is 8.42. The van der Waals surface area contributed by atoms with Crippen LogP contribution in [0.5, 0.6) is 0 Å². The fraction of sp³-hybridized carbons (Fsp3) is 0.111. The van der Waals surface area contributed by atoms with Crippen LogP contribution in [0.15, 0.2) is 41.1 Å². The quantitative estimate of drug-likeness (QED) is 0.474. The molecule has 0 spiro atoms. The molecule has 0 atom stereocenters. The van der Waals surface area contributed by atoms with Gasteiger partial charge in [-0.1, -0.05) is 6.07 Å². The SMILES string of the molecule is O=C(NCCc1csc2nc(-c3cccs3)nn12)C(=O)Nc1cc(F)ccc1F. The number of halogens is 2. The van der Waals surface area contributed by atoms with Crippen LogP contribution in [-0.4, -0.2) is 33.0 Å². The molecule has 0 aliphatic carbocycles. The highest BCUT2D eigenvalue weighted by Crippen LogP contribution is 2.24. The maximum Gasteiger partial charge on any atom is 0.313 e. The Hall–Kier alpha value is -3.18. The number of carbonyl (C=O) groups excluding carboxylic acids is 2. The van der Waals surface area contributed by atoms with Crippen LogP contribution >= 0.6 is 22.7 Å². The van der Waals surface area contributed by atoms with Crippen molar-refractivity contribution in [2.24, 2.45) is 0 Å². The maximum atomic E-state index is 13.6. The third-order valence-electron chi connectivity index (χ3n) is 3.94. The van der Waals surface area contributed by atoms with Gasteiger partial charge in [0.2, 0.25) is 4.96 Å². The van der Waals surface area contributed by atoms with Gasteiger partial charge in [-0.25, -0.2) is 13.3 Å². The molecule has 7 nitrogen and oxygen atoms in total. The normalized spacial score (nSPS) is 11.0. The summed E-state index contributed by atoms with van der Waals surface area (Å²) in [6.45, 7) is 0.165. The number of thiazole rings is 1. The number of aromatic nitrogens is 3. The van der Waals surface area contributed by atoms with Crippen molar-refractivity contribution in [1.29, 1.82) is 0 Å². The van der Waals surface area contributed by atoms with Crippen LogP contribution in [0.1, 0.15) is 5.69 Å². The summed E-state index contributed by atoms with van der Waals surface area (Å²) in [4.78, 5) is 30.0. The molecule has 0 aliphatic heterocycles. The van der Waals surface area contributed by atoms with Crippen molar-refractivity contribution in [3.8, 4) is 10.7 Å². The molecule has 4 aromatic rings. The van der Waals surface area contributed by atoms with Crippen LogP contribution in [0.2, 0.25) is 0 Å². The number of carbonyl (C=O) groups is 2. The molecule has 3 heterocycles. The Morgan fingerprint density at radius 3 is 2.79 bits per heavy atom. The van der Waals surface area contributed by atoms with Gasteiger partial charge in [-0.3, -0.25) is 9.59 Å². The predicted molar refractivity (Wildman–Crippen MR) is 106 cm³/mol. The van der Waals surface area contributed by atoms with Crippen molar-refractivity contribution in [3.63, 3.8) is 0 Å². The van der Waals surface area contributed by atoms with E-state index in [1.807, 2.05) is 22.9 Å². The topological polar surface area (TPSA) is 88.4 Å². The van der Waals surface area contributed by atoms with Crippen LogP contribution in [0.25, 0.3) is 15.7 Å². The van der Waals surface area contributed by atoms with Crippen molar-refractivity contribution in [1.82, 2.24) is 19.9 Å². The van der Waals surface area contributed by atoms with E-state index in [1.54, 1.807) is 15.9 Å². The summed E-state index contributed by atoms with van der Waals surface area (Å²) in [6, 6.07) is 6.45. The van der Waals surface area contributed by atoms with Crippen LogP contribution in [0.3, 0.4) is 0 Å². The average molecular weight is 433 g/mol. The summed E-state index contributed by atoms with van der Waals surface area (Å²) in [5.41, 5.74) is 0.436. The fourth-order valence-corrected chi connectivity index (χ4v) is 4.07. The number of amides is 2. The average Bonchev–Trinajstić information content (AvgIpc) is 3.42. The van der Waals surface area contributed by atoms with Gasteiger partial charge in [-0.05, 0) is 23.6 Å². The number of thiophene rings is 1. The minimum absolute atomic E-state index is 0.165. The summed E-state index contributed by atoms with van der Waals surface area (Å²) in [7, 11) is 0. The summed E-state index contributed by atoms with van der Waals surface area (Å²) < 4.78 is 28.4. The van der Waals surface area contributed by atoms with Gasteiger partial charge in [-0.2, -0.15) is 4.98 Å². The number of fused-ring (bicyclic) bond motifs is 1. The first-order chi connectivity index (χ1) is 14.0. The largest absolute Gasteiger partial charge is 0.347 e. The molecule has 1 aromatic carbocycles. The Labute approximate surface area is 171 Å². The molecule has 0 bridgehead atoms. The monoisotopic (exact) mass is 433 g/mol. The molecular weight excluding hydrogens is 420 g/mol. The maximum absolute atomic E-state index is 13.6. The molecule has 0 radical (unpaired) electrons. The first kappa shape index (κ1) is 19.2. The van der Waals surface area contributed by atoms with Crippen molar-refractivity contribution >= 4 is 45.1 Å². The minimum Gasteiger partial charge on any atom is -0.347 e. The summed E-state index contributed by atoms with van der Waals surface area (Å²) in [5, 5.41) is 12.8. The molecule has 11 heteroatoms. The Bertz CT molecular complexity index is 1190. The molecule has 3 aromatic heterocycles. The Morgan fingerprint density at radius 1 is 1.14 bits per heavy atom. The molecule has 148 valence electrons. The highest BCUT2D eigenvalue weighted by atomic mass is 32.1. The van der Waals surface area contributed by atoms with E-state index in [4.69, 9.17) is 0 Å². The lowest BCUT2D eigenvalue weighted by molar-refractivity contribution is -0.136. The van der Waals surface area contributed by atoms with Crippen molar-refractivity contribution < 1.29 is 18.4 Å². The number of benzene rings is 1. The van der Waals surface area contributed by atoms with E-state index in [-0.39, 0.29) is 6.54 Å². The van der Waals surface area contributed by atoms with Crippen molar-refractivity contribution in [2.45, 2.75) is 6.42 Å². The summed E-state index contributed by atoms with van der Waals surface area (Å²) in [5.74, 6) is -2.95. The van der Waals surface area contributed by atoms with Crippen molar-refractivity contribution in [3.05, 3.63) is 58.4 Å². The molecule has 0 unspecified atom stereocenters. The number of nitrogens with zero attached hydrogens (tertiary/aromatic N) is 3. The van der Waals surface area contributed by atoms with E-state index < -0.39 is 29.1 Å². The number of hydrogen-bond acceptors (Lipinski definition) is 6. The van der Waals surface area contributed by atoms with E-state index in [0.29, 0.717) is 12.2 Å². The lowest BCUT2D eigenvalue weighted by Gasteiger charge is -2.07. The van der Waals surface area contributed by atoms with Gasteiger partial charge in [0, 0.05) is 24.4 Å². The van der Waals surface area contributed by atoms with Gasteiger partial charge in [0.1, 0.15) is 11.6 Å².